The van der Waals surface area contributed by atoms with Gasteiger partial charge in [0.25, 0.3) is 0 Å². The van der Waals surface area contributed by atoms with Crippen LogP contribution in [-0.2, 0) is 21.1 Å². The van der Waals surface area contributed by atoms with Crippen LogP contribution in [0.25, 0.3) is 11.1 Å². The van der Waals surface area contributed by atoms with Crippen molar-refractivity contribution in [1.82, 2.24) is 0 Å². The van der Waals surface area contributed by atoms with E-state index >= 15 is 0 Å². The molecule has 3 rings (SSSR count). The zero-order valence-corrected chi connectivity index (χ0v) is 15.9. The zero-order chi connectivity index (χ0) is 22.2. The quantitative estimate of drug-likeness (QED) is 0.435. The minimum atomic E-state index is -4.57. The molecule has 162 valence electrons. The molecule has 0 amide bonds. The fraction of sp³-hybridized carbons (Fsp3) is 0.381. The maximum Gasteiger partial charge on any atom is 0.422 e. The Morgan fingerprint density at radius 2 is 1.60 bits per heavy atom. The molecule has 0 heterocycles. The highest BCUT2D eigenvalue weighted by atomic mass is 19.4. The van der Waals surface area contributed by atoms with Crippen molar-refractivity contribution >= 4 is 5.97 Å². The van der Waals surface area contributed by atoms with Gasteiger partial charge in [-0.05, 0) is 59.9 Å². The Kier molecular flexibility index (Phi) is 5.75. The Balaban J connectivity index is 2.05. The highest BCUT2D eigenvalue weighted by Gasteiger charge is 2.47. The molecule has 0 N–H and O–H groups in total. The summed E-state index contributed by atoms with van der Waals surface area (Å²) in [4.78, 5) is 12.4. The van der Waals surface area contributed by atoms with Crippen molar-refractivity contribution in [1.29, 1.82) is 0 Å². The Hall–Kier alpha value is -2.71. The van der Waals surface area contributed by atoms with Gasteiger partial charge in [-0.25, -0.2) is 0 Å². The van der Waals surface area contributed by atoms with E-state index in [4.69, 9.17) is 9.47 Å². The van der Waals surface area contributed by atoms with Crippen molar-refractivity contribution in [3.05, 3.63) is 53.6 Å². The second-order valence-electron chi connectivity index (χ2n) is 7.15. The van der Waals surface area contributed by atoms with Gasteiger partial charge in [-0.2, -0.15) is 26.3 Å². The van der Waals surface area contributed by atoms with Crippen LogP contribution >= 0.6 is 0 Å². The Bertz CT molecular complexity index is 912. The molecule has 0 aromatic heterocycles. The summed E-state index contributed by atoms with van der Waals surface area (Å²) in [5, 5.41) is 0. The van der Waals surface area contributed by atoms with Gasteiger partial charge in [-0.3, -0.25) is 4.79 Å². The van der Waals surface area contributed by atoms with Gasteiger partial charge in [0.15, 0.2) is 6.61 Å². The first-order chi connectivity index (χ1) is 13.9. The molecule has 0 unspecified atom stereocenters. The number of methoxy groups -OCH3 is 1. The summed E-state index contributed by atoms with van der Waals surface area (Å²) in [5.41, 5.74) is -0.752. The average molecular weight is 432 g/mol. The van der Waals surface area contributed by atoms with E-state index in [0.29, 0.717) is 29.5 Å². The third-order valence-corrected chi connectivity index (χ3v) is 5.19. The van der Waals surface area contributed by atoms with E-state index in [1.165, 1.54) is 31.4 Å². The van der Waals surface area contributed by atoms with Gasteiger partial charge in [0.1, 0.15) is 5.75 Å². The van der Waals surface area contributed by atoms with E-state index in [0.717, 1.165) is 18.6 Å². The van der Waals surface area contributed by atoms with E-state index in [2.05, 4.69) is 0 Å². The first-order valence-electron chi connectivity index (χ1n) is 9.06. The van der Waals surface area contributed by atoms with Crippen LogP contribution in [0, 0.1) is 0 Å². The number of halogens is 6. The fourth-order valence-electron chi connectivity index (χ4n) is 3.48. The van der Waals surface area contributed by atoms with Crippen molar-refractivity contribution < 1.29 is 40.6 Å². The van der Waals surface area contributed by atoms with Gasteiger partial charge in [0.2, 0.25) is 0 Å². The van der Waals surface area contributed by atoms with Crippen LogP contribution in [0.5, 0.6) is 5.75 Å². The van der Waals surface area contributed by atoms with Crippen molar-refractivity contribution in [3.8, 4) is 16.9 Å². The summed E-state index contributed by atoms with van der Waals surface area (Å²) in [6, 6.07) is 8.47. The number of benzene rings is 2. The number of carbonyl (C=O) groups excluding carboxylic acids is 1. The van der Waals surface area contributed by atoms with Crippen LogP contribution < -0.4 is 4.74 Å². The number of rotatable bonds is 5. The van der Waals surface area contributed by atoms with Crippen LogP contribution in [0.3, 0.4) is 0 Å². The van der Waals surface area contributed by atoms with E-state index < -0.39 is 35.9 Å². The highest BCUT2D eigenvalue weighted by Crippen LogP contribution is 2.47. The van der Waals surface area contributed by atoms with Crippen LogP contribution in [0.15, 0.2) is 42.5 Å². The molecule has 0 aliphatic heterocycles. The molecule has 0 radical (unpaired) electrons. The predicted octanol–water partition coefficient (Wildman–Crippen LogP) is 5.91. The van der Waals surface area contributed by atoms with E-state index in [1.807, 2.05) is 0 Å². The molecule has 1 saturated carbocycles. The molecule has 1 fully saturated rings. The molecule has 9 heteroatoms. The monoisotopic (exact) mass is 432 g/mol. The Morgan fingerprint density at radius 1 is 0.967 bits per heavy atom. The van der Waals surface area contributed by atoms with Crippen molar-refractivity contribution in [2.45, 2.75) is 37.0 Å². The van der Waals surface area contributed by atoms with Gasteiger partial charge >= 0.3 is 18.3 Å². The van der Waals surface area contributed by atoms with E-state index in [9.17, 15) is 31.1 Å². The fourth-order valence-corrected chi connectivity index (χ4v) is 3.48. The minimum Gasteiger partial charge on any atom is -0.484 e. The van der Waals surface area contributed by atoms with Crippen LogP contribution in [0.1, 0.15) is 30.4 Å². The van der Waals surface area contributed by atoms with E-state index in [1.54, 1.807) is 6.07 Å². The average Bonchev–Trinajstić information content (AvgIpc) is 2.64. The second kappa shape index (κ2) is 7.85. The lowest BCUT2D eigenvalue weighted by molar-refractivity contribution is -0.154. The molecule has 1 aliphatic rings. The first-order valence-corrected chi connectivity index (χ1v) is 9.06. The molecule has 0 saturated heterocycles. The summed E-state index contributed by atoms with van der Waals surface area (Å²) in [6.07, 6.45) is -7.44. The molecule has 3 nitrogen and oxygen atoms in total. The second-order valence-corrected chi connectivity index (χ2v) is 7.15. The van der Waals surface area contributed by atoms with Crippen molar-refractivity contribution in [3.63, 3.8) is 0 Å². The lowest BCUT2D eigenvalue weighted by Crippen LogP contribution is -2.43. The molecule has 1 aliphatic carbocycles. The number of hydrogen-bond donors (Lipinski definition) is 0. The summed E-state index contributed by atoms with van der Waals surface area (Å²) in [7, 11) is 1.23. The first kappa shape index (κ1) is 22.0. The molecular weight excluding hydrogens is 414 g/mol. The Morgan fingerprint density at radius 3 is 2.07 bits per heavy atom. The largest absolute Gasteiger partial charge is 0.484 e. The molecule has 0 atom stereocenters. The topological polar surface area (TPSA) is 35.5 Å². The summed E-state index contributed by atoms with van der Waals surface area (Å²) in [6.45, 7) is -1.53. The molecule has 2 aromatic carbocycles. The third-order valence-electron chi connectivity index (χ3n) is 5.19. The third kappa shape index (κ3) is 4.55. The maximum atomic E-state index is 12.8. The molecule has 2 aromatic rings. The summed E-state index contributed by atoms with van der Waals surface area (Å²) < 4.78 is 86.0. The van der Waals surface area contributed by atoms with Crippen LogP contribution in [-0.4, -0.2) is 25.9 Å². The Labute approximate surface area is 168 Å². The number of ether oxygens (including phenoxy) is 2. The van der Waals surface area contributed by atoms with Crippen LogP contribution in [0.2, 0.25) is 0 Å². The minimum absolute atomic E-state index is 0.130. The van der Waals surface area contributed by atoms with Crippen molar-refractivity contribution in [2.75, 3.05) is 13.7 Å². The smallest absolute Gasteiger partial charge is 0.422 e. The maximum absolute atomic E-state index is 12.8. The molecule has 0 spiro atoms. The molecular formula is C21H18F6O3. The molecule has 30 heavy (non-hydrogen) atoms. The normalized spacial score (nSPS) is 16.0. The lowest BCUT2D eigenvalue weighted by Gasteiger charge is -2.39. The van der Waals surface area contributed by atoms with Gasteiger partial charge in [0, 0.05) is 0 Å². The number of alkyl halides is 6. The summed E-state index contributed by atoms with van der Waals surface area (Å²) >= 11 is 0. The zero-order valence-electron chi connectivity index (χ0n) is 15.9. The highest BCUT2D eigenvalue weighted by molar-refractivity contribution is 5.85. The van der Waals surface area contributed by atoms with Crippen molar-refractivity contribution in [2.24, 2.45) is 0 Å². The van der Waals surface area contributed by atoms with E-state index in [-0.39, 0.29) is 5.75 Å². The standard InChI is InChI=1S/C21H18F6O3/c1-29-18(28)19(7-2-8-19)16-9-14(10-17(11-16)30-12-20(22,23)24)13-3-5-15(6-4-13)21(25,26)27/h3-6,9-11H,2,7-8,12H2,1H3. The summed E-state index contributed by atoms with van der Waals surface area (Å²) in [5.74, 6) is -0.644. The number of hydrogen-bond acceptors (Lipinski definition) is 3. The number of carbonyl (C=O) groups is 1. The molecule has 0 bridgehead atoms. The van der Waals surface area contributed by atoms with Gasteiger partial charge in [-0.15, -0.1) is 0 Å². The predicted molar refractivity (Wildman–Crippen MR) is 96.0 cm³/mol. The SMILES string of the molecule is COC(=O)C1(c2cc(OCC(F)(F)F)cc(-c3ccc(C(F)(F)F)cc3)c2)CCC1. The van der Waals surface area contributed by atoms with Gasteiger partial charge < -0.3 is 9.47 Å². The van der Waals surface area contributed by atoms with Crippen LogP contribution in [0.4, 0.5) is 26.3 Å². The van der Waals surface area contributed by atoms with Gasteiger partial charge in [0.05, 0.1) is 18.1 Å². The van der Waals surface area contributed by atoms with Gasteiger partial charge in [-0.1, -0.05) is 18.6 Å². The lowest BCUT2D eigenvalue weighted by atomic mass is 9.64. The number of esters is 1.